The predicted molar refractivity (Wildman–Crippen MR) is 175 cm³/mol. The van der Waals surface area contributed by atoms with Crippen LogP contribution in [-0.2, 0) is 22.0 Å². The van der Waals surface area contributed by atoms with E-state index < -0.39 is 26.6 Å². The highest BCUT2D eigenvalue weighted by Gasteiger charge is 2.36. The molecule has 0 radical (unpaired) electrons. The number of carbonyl (C=O) groups excluding carboxylic acids is 1. The molecule has 2 aromatic heterocycles. The van der Waals surface area contributed by atoms with Gasteiger partial charge >= 0.3 is 0 Å². The van der Waals surface area contributed by atoms with Crippen LogP contribution in [0.1, 0.15) is 56.7 Å². The number of ketones is 1. The van der Waals surface area contributed by atoms with Crippen LogP contribution in [0.2, 0.25) is 0 Å². The third-order valence-corrected chi connectivity index (χ3v) is 10.8. The van der Waals surface area contributed by atoms with Crippen LogP contribution in [0.3, 0.4) is 0 Å². The van der Waals surface area contributed by atoms with Gasteiger partial charge in [0.15, 0.2) is 15.6 Å². The molecule has 0 spiro atoms. The van der Waals surface area contributed by atoms with Crippen molar-refractivity contribution in [1.29, 1.82) is 0 Å². The van der Waals surface area contributed by atoms with E-state index in [0.29, 0.717) is 22.4 Å². The first-order valence-corrected chi connectivity index (χ1v) is 16.8. The predicted octanol–water partition coefficient (Wildman–Crippen LogP) is 5.25. The topological polar surface area (TPSA) is 114 Å². The maximum Gasteiger partial charge on any atom is 0.264 e. The Hall–Kier alpha value is -4.67. The number of likely N-dealkylation sites (tertiary alicyclic amines) is 1. The molecule has 7 rings (SSSR count). The molecule has 4 heterocycles. The van der Waals surface area contributed by atoms with E-state index >= 15 is 0 Å². The fraction of sp³-hybridized carbons (Fsp3) is 0.257. The Balaban J connectivity index is 1.31. The normalized spacial score (nSPS) is 19.6. The van der Waals surface area contributed by atoms with Crippen LogP contribution in [-0.4, -0.2) is 53.8 Å². The van der Waals surface area contributed by atoms with E-state index in [9.17, 15) is 18.0 Å². The summed E-state index contributed by atoms with van der Waals surface area (Å²) in [5.74, 6) is 0.00480. The van der Waals surface area contributed by atoms with Crippen molar-refractivity contribution in [2.24, 2.45) is 0 Å². The minimum Gasteiger partial charge on any atom is -0.324 e. The molecule has 5 aromatic rings. The molecule has 2 aliphatic heterocycles. The van der Waals surface area contributed by atoms with Gasteiger partial charge in [-0.15, -0.1) is 0 Å². The second kappa shape index (κ2) is 11.7. The maximum atomic E-state index is 14.2. The van der Waals surface area contributed by atoms with E-state index in [4.69, 9.17) is 0 Å². The summed E-state index contributed by atoms with van der Waals surface area (Å²) in [6, 6.07) is 25.5. The number of hydrogen-bond donors (Lipinski definition) is 1. The number of aromatic nitrogens is 3. The summed E-state index contributed by atoms with van der Waals surface area (Å²) in [7, 11) is -1.69. The average Bonchev–Trinajstić information content (AvgIpc) is 3.04. The zero-order valence-corrected chi connectivity index (χ0v) is 25.7. The molecule has 3 aromatic carbocycles. The highest BCUT2D eigenvalue weighted by Crippen LogP contribution is 2.34. The molecule has 1 saturated heterocycles. The van der Waals surface area contributed by atoms with Crippen LogP contribution in [0.15, 0.2) is 95.9 Å². The third-order valence-electron chi connectivity index (χ3n) is 8.89. The number of likely N-dealkylation sites (N-methyl/N-ethyl adjacent to an activating group) is 1. The standard InChI is InChI=1S/C35H33N5O4S/c1-39-17-7-12-26(21-39)23-13-15-29(16-14-23)37-35-36-20-28-18-30(32(41)24-8-3-2-4-9-24)34(42)40(33(28)38-35)31-19-25-10-5-6-11-27(25)22-45(31,43)44/h2-6,8-11,13-16,18,20,26,31H,7,12,17,19,21-22H2,1H3,(H,36,37,38). The van der Waals surface area contributed by atoms with Crippen molar-refractivity contribution in [3.63, 3.8) is 0 Å². The van der Waals surface area contributed by atoms with Gasteiger partial charge in [0.1, 0.15) is 11.0 Å². The lowest BCUT2D eigenvalue weighted by Crippen LogP contribution is -2.37. The number of nitrogens with one attached hydrogen (secondary N) is 1. The van der Waals surface area contributed by atoms with Crippen LogP contribution in [0.25, 0.3) is 11.0 Å². The molecule has 0 aliphatic carbocycles. The van der Waals surface area contributed by atoms with Crippen LogP contribution < -0.4 is 10.9 Å². The van der Waals surface area contributed by atoms with Gasteiger partial charge in [-0.2, -0.15) is 4.98 Å². The van der Waals surface area contributed by atoms with Gasteiger partial charge in [-0.25, -0.2) is 13.4 Å². The van der Waals surface area contributed by atoms with Gasteiger partial charge in [0.2, 0.25) is 5.95 Å². The van der Waals surface area contributed by atoms with Crippen molar-refractivity contribution < 1.29 is 13.2 Å². The second-order valence-electron chi connectivity index (χ2n) is 12.0. The van der Waals surface area contributed by atoms with Crippen LogP contribution in [0, 0.1) is 0 Å². The molecule has 2 atom stereocenters. The lowest BCUT2D eigenvalue weighted by Gasteiger charge is -2.30. The number of hydrogen-bond acceptors (Lipinski definition) is 8. The summed E-state index contributed by atoms with van der Waals surface area (Å²) in [6.45, 7) is 2.15. The molecule has 228 valence electrons. The van der Waals surface area contributed by atoms with E-state index in [1.54, 1.807) is 42.5 Å². The Morgan fingerprint density at radius 2 is 1.69 bits per heavy atom. The maximum absolute atomic E-state index is 14.2. The summed E-state index contributed by atoms with van der Waals surface area (Å²) < 4.78 is 28.7. The van der Waals surface area contributed by atoms with Gasteiger partial charge in [-0.3, -0.25) is 14.2 Å². The summed E-state index contributed by atoms with van der Waals surface area (Å²) in [5, 5.41) is 2.38. The molecule has 2 aliphatic rings. The van der Waals surface area contributed by atoms with Gasteiger partial charge in [0.25, 0.3) is 5.56 Å². The summed E-state index contributed by atoms with van der Waals surface area (Å²) in [5.41, 5.74) is 3.25. The fourth-order valence-electron chi connectivity index (χ4n) is 6.54. The Morgan fingerprint density at radius 3 is 2.44 bits per heavy atom. The third kappa shape index (κ3) is 5.67. The largest absolute Gasteiger partial charge is 0.324 e. The number of benzene rings is 3. The number of pyridine rings is 1. The van der Waals surface area contributed by atoms with Gasteiger partial charge in [-0.05, 0) is 67.2 Å². The number of carbonyl (C=O) groups is 1. The SMILES string of the molecule is CN1CCCC(c2ccc(Nc3ncc4cc(C(=O)c5ccccc5)c(=O)n(C5Cc6ccccc6CS5(=O)=O)c4n3)cc2)C1. The fourth-order valence-corrected chi connectivity index (χ4v) is 8.40. The number of nitrogens with zero attached hydrogens (tertiary/aromatic N) is 4. The first-order chi connectivity index (χ1) is 21.8. The zero-order valence-electron chi connectivity index (χ0n) is 24.9. The number of anilines is 2. The van der Waals surface area contributed by atoms with Crippen molar-refractivity contribution in [3.05, 3.63) is 129 Å². The van der Waals surface area contributed by atoms with E-state index in [2.05, 4.69) is 39.4 Å². The molecule has 0 saturated carbocycles. The molecule has 1 N–H and O–H groups in total. The minimum atomic E-state index is -3.83. The van der Waals surface area contributed by atoms with Crippen molar-refractivity contribution >= 4 is 38.3 Å². The van der Waals surface area contributed by atoms with E-state index in [-0.39, 0.29) is 29.3 Å². The van der Waals surface area contributed by atoms with Gasteiger partial charge in [0, 0.05) is 35.8 Å². The summed E-state index contributed by atoms with van der Waals surface area (Å²) in [6.07, 6.45) is 3.94. The molecule has 0 amide bonds. The molecule has 10 heteroatoms. The van der Waals surface area contributed by atoms with E-state index in [0.717, 1.165) is 30.8 Å². The number of fused-ring (bicyclic) bond motifs is 2. The summed E-state index contributed by atoms with van der Waals surface area (Å²) >= 11 is 0. The number of sulfone groups is 1. The molecular formula is C35H33N5O4S. The van der Waals surface area contributed by atoms with Crippen LogP contribution in [0.5, 0.6) is 0 Å². The smallest absolute Gasteiger partial charge is 0.264 e. The lowest BCUT2D eigenvalue weighted by molar-refractivity contribution is 0.103. The molecule has 9 nitrogen and oxygen atoms in total. The van der Waals surface area contributed by atoms with E-state index in [1.807, 2.05) is 24.3 Å². The minimum absolute atomic E-state index is 0.0844. The van der Waals surface area contributed by atoms with Gasteiger partial charge in [0.05, 0.1) is 11.3 Å². The molecule has 2 unspecified atom stereocenters. The first kappa shape index (κ1) is 29.1. The average molecular weight is 620 g/mol. The van der Waals surface area contributed by atoms with Crippen molar-refractivity contribution in [2.75, 3.05) is 25.5 Å². The van der Waals surface area contributed by atoms with Gasteiger partial charge in [-0.1, -0.05) is 66.7 Å². The molecular weight excluding hydrogens is 586 g/mol. The van der Waals surface area contributed by atoms with Crippen molar-refractivity contribution in [1.82, 2.24) is 19.4 Å². The Labute approximate surface area is 261 Å². The Kier molecular flexibility index (Phi) is 7.55. The quantitative estimate of drug-likeness (QED) is 0.257. The first-order valence-electron chi connectivity index (χ1n) is 15.1. The van der Waals surface area contributed by atoms with Crippen molar-refractivity contribution in [3.8, 4) is 0 Å². The molecule has 45 heavy (non-hydrogen) atoms. The zero-order chi connectivity index (χ0) is 31.1. The lowest BCUT2D eigenvalue weighted by atomic mass is 9.91. The van der Waals surface area contributed by atoms with Crippen LogP contribution in [0.4, 0.5) is 11.6 Å². The number of piperidine rings is 1. The highest BCUT2D eigenvalue weighted by molar-refractivity contribution is 7.90. The van der Waals surface area contributed by atoms with Crippen LogP contribution >= 0.6 is 0 Å². The monoisotopic (exact) mass is 619 g/mol. The highest BCUT2D eigenvalue weighted by atomic mass is 32.2. The van der Waals surface area contributed by atoms with Crippen molar-refractivity contribution in [2.45, 2.75) is 36.3 Å². The Morgan fingerprint density at radius 1 is 0.956 bits per heavy atom. The molecule has 1 fully saturated rings. The Bertz CT molecular complexity index is 2080. The van der Waals surface area contributed by atoms with E-state index in [1.165, 1.54) is 28.8 Å². The second-order valence-corrected chi connectivity index (χ2v) is 14.1. The number of rotatable bonds is 6. The molecule has 0 bridgehead atoms. The van der Waals surface area contributed by atoms with Gasteiger partial charge < -0.3 is 10.2 Å². The summed E-state index contributed by atoms with van der Waals surface area (Å²) in [4.78, 5) is 39.2.